The Morgan fingerprint density at radius 3 is 1.52 bits per heavy atom. The van der Waals surface area contributed by atoms with Crippen LogP contribution in [0.4, 0.5) is 0 Å². The number of aryl methyl sites for hydroxylation is 1. The van der Waals surface area contributed by atoms with Crippen LogP contribution >= 0.6 is 0 Å². The van der Waals surface area contributed by atoms with E-state index in [2.05, 4.69) is 34.1 Å². The molecule has 1 N–H and O–H groups in total. The molecule has 4 atom stereocenters. The van der Waals surface area contributed by atoms with Gasteiger partial charge in [0.2, 0.25) is 0 Å². The minimum Gasteiger partial charge on any atom is -0.493 e. The molecule has 9 rings (SSSR count). The zero-order chi connectivity index (χ0) is 44.9. The van der Waals surface area contributed by atoms with Crippen LogP contribution in [0.1, 0.15) is 91.3 Å². The maximum Gasteiger partial charge on any atom is 0.296 e. The van der Waals surface area contributed by atoms with Crippen LogP contribution < -0.4 is 18.9 Å². The molecule has 64 heavy (non-hydrogen) atoms. The Labute approximate surface area is 379 Å². The van der Waals surface area contributed by atoms with Crippen LogP contribution in [-0.2, 0) is 46.1 Å². The van der Waals surface area contributed by atoms with Gasteiger partial charge in [0, 0.05) is 69.5 Å². The van der Waals surface area contributed by atoms with Crippen molar-refractivity contribution in [3.05, 3.63) is 76.3 Å². The third-order valence-corrected chi connectivity index (χ3v) is 15.7. The van der Waals surface area contributed by atoms with Crippen molar-refractivity contribution in [2.75, 3.05) is 94.3 Å². The molecule has 4 fully saturated rings. The molecule has 0 unspecified atom stereocenters. The van der Waals surface area contributed by atoms with E-state index in [9.17, 15) is 8.42 Å². The second-order valence-electron chi connectivity index (χ2n) is 18.0. The first-order chi connectivity index (χ1) is 31.1. The number of unbranched alkanes of at least 4 members (excludes halogenated alkanes) is 2. The Bertz CT molecular complexity index is 2140. The van der Waals surface area contributed by atoms with E-state index in [4.69, 9.17) is 47.2 Å². The number of fused-ring (bicyclic) bond motifs is 6. The summed E-state index contributed by atoms with van der Waals surface area (Å²) in [5.74, 6) is 2.55. The van der Waals surface area contributed by atoms with Crippen LogP contribution in [-0.4, -0.2) is 129 Å². The number of ether oxygens (including phenoxy) is 8. The minimum absolute atomic E-state index is 0.166. The normalized spacial score (nSPS) is 24.5. The summed E-state index contributed by atoms with van der Waals surface area (Å²) in [5, 5.41) is 9.15. The van der Waals surface area contributed by atoms with Gasteiger partial charge in [-0.2, -0.15) is 8.42 Å². The first kappa shape index (κ1) is 47.0. The Kier molecular flexibility index (Phi) is 15.1. The maximum atomic E-state index is 12.5. The minimum atomic E-state index is -3.74. The molecular weight excluding hydrogens is 841 g/mol. The van der Waals surface area contributed by atoms with Crippen molar-refractivity contribution in [1.82, 2.24) is 9.80 Å². The highest BCUT2D eigenvalue weighted by molar-refractivity contribution is 7.86. The van der Waals surface area contributed by atoms with Crippen molar-refractivity contribution < 1.29 is 55.6 Å². The average Bonchev–Trinajstić information content (AvgIpc) is 3.99. The van der Waals surface area contributed by atoms with Crippen LogP contribution in [0.5, 0.6) is 23.0 Å². The fourth-order valence-electron chi connectivity index (χ4n) is 11.0. The number of hydrogen-bond donors (Lipinski definition) is 1. The summed E-state index contributed by atoms with van der Waals surface area (Å²) in [6.45, 7) is 8.74. The standard InChI is InChI=1S/C28H37NO7S.C21H31NO5/c1-20-7-9-23(10-8-20)37(30,31)36-13-5-4-6-22-19-29-12-11-21-16-26(32-2)27(33-3)17-24(21)25(29)18-28(22)34-14-15-35-28;1-24-19-11-15-6-7-22-14-16(5-3-4-8-23)21(26-9-10-27-21)13-18(22)17(15)12-20(19)25-2/h7-10,16-17,22,25H,4-6,11-15,18-19H2,1-3H3;11-12,16,18,23H,3-10,13-14H2,1-2H3/t22-,25-;16-,18-/m11/s1. The van der Waals surface area contributed by atoms with Crippen LogP contribution in [0, 0.1) is 18.8 Å². The smallest absolute Gasteiger partial charge is 0.296 e. The molecule has 0 bridgehead atoms. The predicted octanol–water partition coefficient (Wildman–Crippen LogP) is 6.78. The number of nitrogens with zero attached hydrogens (tertiary/aromatic N) is 2. The average molecular weight is 909 g/mol. The van der Waals surface area contributed by atoms with E-state index >= 15 is 0 Å². The summed E-state index contributed by atoms with van der Waals surface area (Å²) in [4.78, 5) is 5.31. The van der Waals surface area contributed by atoms with E-state index in [1.807, 2.05) is 6.92 Å². The third kappa shape index (κ3) is 9.79. The molecule has 3 aromatic rings. The Morgan fingerprint density at radius 1 is 0.641 bits per heavy atom. The molecule has 0 aromatic heterocycles. The SMILES string of the molecule is COc1cc2c(cc1OC)[C@H]1CC3(OCCO3)[C@H](CCCCO)CN1CC2.COc1cc2c(cc1OC)[C@H]1CC3(OCCO3)[C@H](CCCCOS(=O)(=O)c3ccc(C)cc3)CN1CC2. The highest BCUT2D eigenvalue weighted by atomic mass is 32.2. The monoisotopic (exact) mass is 908 g/mol. The van der Waals surface area contributed by atoms with E-state index in [-0.39, 0.29) is 36.1 Å². The molecule has 15 heteroatoms. The van der Waals surface area contributed by atoms with Crippen LogP contribution in [0.3, 0.4) is 0 Å². The Balaban J connectivity index is 0.000000184. The van der Waals surface area contributed by atoms with Crippen molar-refractivity contribution in [3.8, 4) is 23.0 Å². The van der Waals surface area contributed by atoms with Crippen LogP contribution in [0.2, 0.25) is 0 Å². The first-order valence-electron chi connectivity index (χ1n) is 23.2. The van der Waals surface area contributed by atoms with Crippen LogP contribution in [0.25, 0.3) is 0 Å². The van der Waals surface area contributed by atoms with Gasteiger partial charge in [-0.15, -0.1) is 0 Å². The summed E-state index contributed by atoms with van der Waals surface area (Å²) in [7, 11) is 2.98. The predicted molar refractivity (Wildman–Crippen MR) is 240 cm³/mol. The van der Waals surface area contributed by atoms with E-state index < -0.39 is 21.7 Å². The lowest BCUT2D eigenvalue weighted by Crippen LogP contribution is -2.55. The van der Waals surface area contributed by atoms with Crippen molar-refractivity contribution in [2.45, 2.75) is 99.7 Å². The lowest BCUT2D eigenvalue weighted by molar-refractivity contribution is -0.235. The van der Waals surface area contributed by atoms with Gasteiger partial charge in [-0.3, -0.25) is 14.0 Å². The molecule has 0 radical (unpaired) electrons. The molecule has 3 aromatic carbocycles. The first-order valence-corrected chi connectivity index (χ1v) is 24.6. The summed E-state index contributed by atoms with van der Waals surface area (Å²) in [6, 6.07) is 15.7. The van der Waals surface area contributed by atoms with Gasteiger partial charge < -0.3 is 43.0 Å². The highest BCUT2D eigenvalue weighted by Gasteiger charge is 2.53. The third-order valence-electron chi connectivity index (χ3n) is 14.3. The molecular formula is C49H68N2O12S. The Hall–Kier alpha value is -3.51. The second kappa shape index (κ2) is 20.6. The van der Waals surface area contributed by atoms with Crippen LogP contribution in [0.15, 0.2) is 53.4 Å². The quantitative estimate of drug-likeness (QED) is 0.126. The van der Waals surface area contributed by atoms with E-state index in [0.29, 0.717) is 38.8 Å². The molecule has 0 saturated carbocycles. The van der Waals surface area contributed by atoms with Gasteiger partial charge in [-0.1, -0.05) is 30.5 Å². The summed E-state index contributed by atoms with van der Waals surface area (Å²) in [5.41, 5.74) is 6.20. The van der Waals surface area contributed by atoms with Gasteiger partial charge in [-0.05, 0) is 104 Å². The fraction of sp³-hybridized carbons (Fsp3) is 0.633. The fourth-order valence-corrected chi connectivity index (χ4v) is 11.9. The molecule has 352 valence electrons. The van der Waals surface area contributed by atoms with Gasteiger partial charge >= 0.3 is 0 Å². The molecule has 2 spiro atoms. The van der Waals surface area contributed by atoms with Gasteiger partial charge in [0.25, 0.3) is 10.1 Å². The number of rotatable bonds is 15. The van der Waals surface area contributed by atoms with Crippen molar-refractivity contribution in [1.29, 1.82) is 0 Å². The zero-order valence-electron chi connectivity index (χ0n) is 38.3. The molecule has 4 saturated heterocycles. The number of piperidine rings is 2. The zero-order valence-corrected chi connectivity index (χ0v) is 39.1. The lowest BCUT2D eigenvalue weighted by atomic mass is 9.77. The summed E-state index contributed by atoms with van der Waals surface area (Å²) < 4.78 is 77.5. The van der Waals surface area contributed by atoms with E-state index in [0.717, 1.165) is 113 Å². The number of hydrogen-bond acceptors (Lipinski definition) is 14. The highest BCUT2D eigenvalue weighted by Crippen LogP contribution is 2.51. The molecule has 6 aliphatic rings. The molecule has 6 heterocycles. The molecule has 6 aliphatic heterocycles. The molecule has 0 amide bonds. The lowest BCUT2D eigenvalue weighted by Gasteiger charge is -2.51. The van der Waals surface area contributed by atoms with Gasteiger partial charge in [0.15, 0.2) is 34.6 Å². The number of aliphatic hydroxyl groups excluding tert-OH is 1. The molecule has 14 nitrogen and oxygen atoms in total. The number of aliphatic hydroxyl groups is 1. The number of methoxy groups -OCH3 is 4. The number of benzene rings is 3. The largest absolute Gasteiger partial charge is 0.493 e. The summed E-state index contributed by atoms with van der Waals surface area (Å²) >= 11 is 0. The van der Waals surface area contributed by atoms with Crippen molar-refractivity contribution >= 4 is 10.1 Å². The van der Waals surface area contributed by atoms with Crippen molar-refractivity contribution in [2.24, 2.45) is 11.8 Å². The van der Waals surface area contributed by atoms with Crippen molar-refractivity contribution in [3.63, 3.8) is 0 Å². The van der Waals surface area contributed by atoms with Gasteiger partial charge in [0.05, 0.1) is 66.4 Å². The summed E-state index contributed by atoms with van der Waals surface area (Å²) in [6.07, 6.45) is 8.84. The van der Waals surface area contributed by atoms with Gasteiger partial charge in [-0.25, -0.2) is 0 Å². The second-order valence-corrected chi connectivity index (χ2v) is 19.6. The topological polar surface area (TPSA) is 144 Å². The van der Waals surface area contributed by atoms with Gasteiger partial charge in [0.1, 0.15) is 0 Å². The maximum absolute atomic E-state index is 12.5. The van der Waals surface area contributed by atoms with E-state index in [1.54, 1.807) is 52.7 Å². The Morgan fingerprint density at radius 2 is 1.08 bits per heavy atom. The molecule has 0 aliphatic carbocycles. The van der Waals surface area contributed by atoms with E-state index in [1.165, 1.54) is 22.3 Å².